The highest BCUT2D eigenvalue weighted by Gasteiger charge is 2.01. The first-order valence-corrected chi connectivity index (χ1v) is 7.68. The summed E-state index contributed by atoms with van der Waals surface area (Å²) in [6, 6.07) is 5.61. The van der Waals surface area contributed by atoms with Gasteiger partial charge in [0.15, 0.2) is 5.11 Å². The van der Waals surface area contributed by atoms with Crippen molar-refractivity contribution < 1.29 is 4.74 Å². The zero-order valence-corrected chi connectivity index (χ0v) is 14.2. The number of nitrogens with one attached hydrogen (secondary N) is 2. The number of ether oxygens (including phenoxy) is 1. The van der Waals surface area contributed by atoms with Crippen LogP contribution in [0.25, 0.3) is 0 Å². The summed E-state index contributed by atoms with van der Waals surface area (Å²) in [6.45, 7) is 5.56. The molecule has 0 aromatic heterocycles. The Morgan fingerprint density at radius 2 is 2.21 bits per heavy atom. The summed E-state index contributed by atoms with van der Waals surface area (Å²) in [5.74, 6) is 0. The molecule has 0 aliphatic heterocycles. The van der Waals surface area contributed by atoms with Gasteiger partial charge in [-0.3, -0.25) is 0 Å². The van der Waals surface area contributed by atoms with Gasteiger partial charge in [-0.25, -0.2) is 0 Å². The molecule has 1 rings (SSSR count). The highest BCUT2D eigenvalue weighted by molar-refractivity contribution is 9.10. The first kappa shape index (κ1) is 16.7. The number of hydrogen-bond donors (Lipinski definition) is 2. The Morgan fingerprint density at radius 3 is 2.84 bits per heavy atom. The number of rotatable bonds is 6. The van der Waals surface area contributed by atoms with E-state index in [1.165, 1.54) is 0 Å². The van der Waals surface area contributed by atoms with Gasteiger partial charge >= 0.3 is 0 Å². The maximum Gasteiger partial charge on any atom is 0.170 e. The van der Waals surface area contributed by atoms with E-state index in [-0.39, 0.29) is 6.10 Å². The lowest BCUT2D eigenvalue weighted by molar-refractivity contribution is 0.0777. The van der Waals surface area contributed by atoms with Crippen molar-refractivity contribution in [2.45, 2.75) is 26.4 Å². The van der Waals surface area contributed by atoms with Crippen LogP contribution in [0.5, 0.6) is 0 Å². The summed E-state index contributed by atoms with van der Waals surface area (Å²) in [5, 5.41) is 7.45. The largest absolute Gasteiger partial charge is 0.379 e. The smallest absolute Gasteiger partial charge is 0.170 e. The van der Waals surface area contributed by atoms with Crippen LogP contribution in [0.15, 0.2) is 22.7 Å². The minimum Gasteiger partial charge on any atom is -0.379 e. The van der Waals surface area contributed by atoms with E-state index in [4.69, 9.17) is 28.6 Å². The molecule has 0 bridgehead atoms. The van der Waals surface area contributed by atoms with Crippen molar-refractivity contribution >= 4 is 50.5 Å². The minimum absolute atomic E-state index is 0.273. The van der Waals surface area contributed by atoms with E-state index in [1.807, 2.05) is 32.0 Å². The minimum atomic E-state index is 0.273. The second-order valence-corrected chi connectivity index (χ2v) is 5.95. The van der Waals surface area contributed by atoms with E-state index in [1.54, 1.807) is 0 Å². The highest BCUT2D eigenvalue weighted by Crippen LogP contribution is 2.25. The van der Waals surface area contributed by atoms with E-state index in [2.05, 4.69) is 26.6 Å². The number of benzene rings is 1. The van der Waals surface area contributed by atoms with Gasteiger partial charge in [-0.15, -0.1) is 0 Å². The maximum absolute atomic E-state index is 6.01. The first-order chi connectivity index (χ1) is 8.99. The number of hydrogen-bond acceptors (Lipinski definition) is 2. The summed E-state index contributed by atoms with van der Waals surface area (Å²) >= 11 is 14.5. The van der Waals surface area contributed by atoms with Gasteiger partial charge < -0.3 is 15.4 Å². The fourth-order valence-corrected chi connectivity index (χ4v) is 1.99. The SMILES string of the molecule is CC(C)OCCCNC(=S)Nc1ccc(Br)c(Cl)c1. The van der Waals surface area contributed by atoms with Crippen LogP contribution < -0.4 is 10.6 Å². The molecular weight excluding hydrogens is 348 g/mol. The highest BCUT2D eigenvalue weighted by atomic mass is 79.9. The van der Waals surface area contributed by atoms with Crippen molar-refractivity contribution in [3.8, 4) is 0 Å². The average molecular weight is 366 g/mol. The van der Waals surface area contributed by atoms with Gasteiger partial charge in [0.05, 0.1) is 11.1 Å². The number of halogens is 2. The summed E-state index contributed by atoms with van der Waals surface area (Å²) in [7, 11) is 0. The molecule has 0 saturated carbocycles. The predicted octanol–water partition coefficient (Wildman–Crippen LogP) is 4.20. The van der Waals surface area contributed by atoms with Crippen LogP contribution >= 0.6 is 39.7 Å². The molecule has 0 atom stereocenters. The summed E-state index contributed by atoms with van der Waals surface area (Å²) in [4.78, 5) is 0. The lowest BCUT2D eigenvalue weighted by Crippen LogP contribution is -2.29. The average Bonchev–Trinajstić information content (AvgIpc) is 2.33. The van der Waals surface area contributed by atoms with E-state index < -0.39 is 0 Å². The van der Waals surface area contributed by atoms with Crippen LogP contribution in [0.2, 0.25) is 5.02 Å². The Morgan fingerprint density at radius 1 is 1.47 bits per heavy atom. The third kappa shape index (κ3) is 7.11. The fourth-order valence-electron chi connectivity index (χ4n) is 1.34. The molecule has 1 aromatic carbocycles. The van der Waals surface area contributed by atoms with E-state index in [9.17, 15) is 0 Å². The summed E-state index contributed by atoms with van der Waals surface area (Å²) in [6.07, 6.45) is 1.19. The Hall–Kier alpha value is -0.360. The fraction of sp³-hybridized carbons (Fsp3) is 0.462. The van der Waals surface area contributed by atoms with Crippen LogP contribution in [-0.4, -0.2) is 24.4 Å². The van der Waals surface area contributed by atoms with Crippen LogP contribution in [0, 0.1) is 0 Å². The molecule has 0 spiro atoms. The molecule has 0 aliphatic rings. The lowest BCUT2D eigenvalue weighted by Gasteiger charge is -2.12. The van der Waals surface area contributed by atoms with Gasteiger partial charge in [0.2, 0.25) is 0 Å². The predicted molar refractivity (Wildman–Crippen MR) is 89.1 cm³/mol. The number of anilines is 1. The van der Waals surface area contributed by atoms with Crippen LogP contribution in [-0.2, 0) is 4.74 Å². The van der Waals surface area contributed by atoms with Gasteiger partial charge in [-0.2, -0.15) is 0 Å². The van der Waals surface area contributed by atoms with Gasteiger partial charge in [-0.05, 0) is 66.6 Å². The molecule has 106 valence electrons. The van der Waals surface area contributed by atoms with Crippen molar-refractivity contribution in [3.63, 3.8) is 0 Å². The topological polar surface area (TPSA) is 33.3 Å². The lowest BCUT2D eigenvalue weighted by atomic mass is 10.3. The van der Waals surface area contributed by atoms with Gasteiger partial charge in [0.1, 0.15) is 0 Å². The normalized spacial score (nSPS) is 10.6. The van der Waals surface area contributed by atoms with E-state index in [0.29, 0.717) is 10.1 Å². The molecule has 0 amide bonds. The molecule has 19 heavy (non-hydrogen) atoms. The van der Waals surface area contributed by atoms with Crippen molar-refractivity contribution in [3.05, 3.63) is 27.7 Å². The Kier molecular flexibility index (Phi) is 7.68. The van der Waals surface area contributed by atoms with Gasteiger partial charge in [-0.1, -0.05) is 11.6 Å². The third-order valence-corrected chi connectivity index (χ3v) is 3.71. The van der Waals surface area contributed by atoms with Crippen molar-refractivity contribution in [1.82, 2.24) is 5.32 Å². The molecule has 0 fully saturated rings. The summed E-state index contributed by atoms with van der Waals surface area (Å²) < 4.78 is 6.31. The molecule has 0 unspecified atom stereocenters. The molecule has 0 heterocycles. The second-order valence-electron chi connectivity index (χ2n) is 4.28. The molecule has 1 aromatic rings. The van der Waals surface area contributed by atoms with Crippen molar-refractivity contribution in [2.75, 3.05) is 18.5 Å². The molecular formula is C13H18BrClN2OS. The maximum atomic E-state index is 6.01. The quantitative estimate of drug-likeness (QED) is 0.584. The van der Waals surface area contributed by atoms with Gasteiger partial charge in [0, 0.05) is 23.3 Å². The van der Waals surface area contributed by atoms with Crippen LogP contribution in [0.3, 0.4) is 0 Å². The molecule has 0 radical (unpaired) electrons. The van der Waals surface area contributed by atoms with E-state index in [0.717, 1.165) is 29.7 Å². The Bertz CT molecular complexity index is 429. The first-order valence-electron chi connectivity index (χ1n) is 6.10. The molecule has 2 N–H and O–H groups in total. The zero-order chi connectivity index (χ0) is 14.3. The molecule has 6 heteroatoms. The van der Waals surface area contributed by atoms with Crippen molar-refractivity contribution in [2.24, 2.45) is 0 Å². The standard InChI is InChI=1S/C13H18BrClN2OS/c1-9(2)18-7-3-6-16-13(19)17-10-4-5-11(14)12(15)8-10/h4-5,8-9H,3,6-7H2,1-2H3,(H2,16,17,19). The third-order valence-electron chi connectivity index (χ3n) is 2.24. The monoisotopic (exact) mass is 364 g/mol. The van der Waals surface area contributed by atoms with E-state index >= 15 is 0 Å². The molecule has 0 saturated heterocycles. The van der Waals surface area contributed by atoms with Gasteiger partial charge in [0.25, 0.3) is 0 Å². The number of thiocarbonyl (C=S) groups is 1. The van der Waals surface area contributed by atoms with Crippen LogP contribution in [0.1, 0.15) is 20.3 Å². The molecule has 0 aliphatic carbocycles. The summed E-state index contributed by atoms with van der Waals surface area (Å²) in [5.41, 5.74) is 0.865. The Balaban J connectivity index is 2.25. The second kappa shape index (κ2) is 8.74. The van der Waals surface area contributed by atoms with Crippen LogP contribution in [0.4, 0.5) is 5.69 Å². The molecule has 3 nitrogen and oxygen atoms in total. The van der Waals surface area contributed by atoms with Crippen molar-refractivity contribution in [1.29, 1.82) is 0 Å². The Labute approximate surface area is 133 Å². The zero-order valence-electron chi connectivity index (χ0n) is 11.0.